The van der Waals surface area contributed by atoms with Crippen molar-refractivity contribution in [3.63, 3.8) is 0 Å². The van der Waals surface area contributed by atoms with Gasteiger partial charge in [0.1, 0.15) is 0 Å². The minimum absolute atomic E-state index is 0.633. The van der Waals surface area contributed by atoms with Gasteiger partial charge >= 0.3 is 0 Å². The van der Waals surface area contributed by atoms with Crippen LogP contribution in [0.3, 0.4) is 0 Å². The van der Waals surface area contributed by atoms with Gasteiger partial charge in [0.2, 0.25) is 0 Å². The monoisotopic (exact) mass is 563 g/mol. The highest BCUT2D eigenvalue weighted by atomic mass is 35.5. The van der Waals surface area contributed by atoms with Crippen LogP contribution in [0.4, 0.5) is 5.69 Å². The standard InChI is InChI=1S/C33H30ClN5S/c1-24-11-16-29(18-32(24)34)39(33(40)37-20-28-8-4-7-27-6-2-3-10-31(27)28)17-5-9-30-21-36-23-38(30)22-26-14-12-25(19-35)13-15-26/h2-4,6-8,10-16,18,21,23H,5,9,17,20,22H2,1H3,(H,37,40). The van der Waals surface area contributed by atoms with E-state index >= 15 is 0 Å². The Morgan fingerprint density at radius 2 is 1.85 bits per heavy atom. The van der Waals surface area contributed by atoms with Crippen molar-refractivity contribution >= 4 is 45.4 Å². The first-order chi connectivity index (χ1) is 19.5. The lowest BCUT2D eigenvalue weighted by Gasteiger charge is -2.27. The number of thiocarbonyl (C=S) groups is 1. The number of rotatable bonds is 9. The number of imidazole rings is 1. The van der Waals surface area contributed by atoms with E-state index < -0.39 is 0 Å². The van der Waals surface area contributed by atoms with Gasteiger partial charge in [-0.1, -0.05) is 72.3 Å². The van der Waals surface area contributed by atoms with Gasteiger partial charge in [-0.15, -0.1) is 0 Å². The van der Waals surface area contributed by atoms with Crippen molar-refractivity contribution in [2.75, 3.05) is 11.4 Å². The number of aromatic nitrogens is 2. The first-order valence-electron chi connectivity index (χ1n) is 13.3. The molecule has 0 saturated carbocycles. The van der Waals surface area contributed by atoms with E-state index in [2.05, 4.69) is 74.4 Å². The number of halogens is 1. The molecular formula is C33H30ClN5S. The van der Waals surface area contributed by atoms with E-state index in [1.54, 1.807) is 0 Å². The Morgan fingerprint density at radius 3 is 2.65 bits per heavy atom. The topological polar surface area (TPSA) is 56.9 Å². The summed E-state index contributed by atoms with van der Waals surface area (Å²) in [6, 6.07) is 30.7. The highest BCUT2D eigenvalue weighted by molar-refractivity contribution is 7.80. The maximum Gasteiger partial charge on any atom is 0.173 e. The molecule has 0 saturated heterocycles. The summed E-state index contributed by atoms with van der Waals surface area (Å²) in [4.78, 5) is 6.53. The van der Waals surface area contributed by atoms with Gasteiger partial charge in [-0.3, -0.25) is 0 Å². The lowest BCUT2D eigenvalue weighted by Crippen LogP contribution is -2.40. The quantitative estimate of drug-likeness (QED) is 0.189. The van der Waals surface area contributed by atoms with E-state index in [1.807, 2.05) is 55.8 Å². The molecule has 0 atom stereocenters. The van der Waals surface area contributed by atoms with Gasteiger partial charge in [0, 0.05) is 42.2 Å². The van der Waals surface area contributed by atoms with Crippen molar-refractivity contribution in [3.05, 3.63) is 130 Å². The molecule has 0 fully saturated rings. The summed E-state index contributed by atoms with van der Waals surface area (Å²) in [6.45, 7) is 4.07. The summed E-state index contributed by atoms with van der Waals surface area (Å²) in [7, 11) is 0. The summed E-state index contributed by atoms with van der Waals surface area (Å²) in [6.07, 6.45) is 5.51. The van der Waals surface area contributed by atoms with Crippen molar-refractivity contribution < 1.29 is 0 Å². The fourth-order valence-corrected chi connectivity index (χ4v) is 5.25. The Balaban J connectivity index is 1.28. The molecule has 1 aromatic heterocycles. The van der Waals surface area contributed by atoms with Gasteiger partial charge in [0.15, 0.2) is 5.11 Å². The van der Waals surface area contributed by atoms with Gasteiger partial charge < -0.3 is 14.8 Å². The average Bonchev–Trinajstić information content (AvgIpc) is 3.42. The van der Waals surface area contributed by atoms with Crippen LogP contribution in [-0.4, -0.2) is 21.2 Å². The lowest BCUT2D eigenvalue weighted by molar-refractivity contribution is 0.703. The molecule has 1 N–H and O–H groups in total. The fourth-order valence-electron chi connectivity index (χ4n) is 4.81. The van der Waals surface area contributed by atoms with E-state index in [-0.39, 0.29) is 0 Å². The number of nitrogens with zero attached hydrogens (tertiary/aromatic N) is 4. The largest absolute Gasteiger partial charge is 0.358 e. The van der Waals surface area contributed by atoms with Crippen LogP contribution in [0.5, 0.6) is 0 Å². The zero-order valence-corrected chi connectivity index (χ0v) is 23.9. The van der Waals surface area contributed by atoms with Crippen LogP contribution in [0.2, 0.25) is 5.02 Å². The normalized spacial score (nSPS) is 10.8. The SMILES string of the molecule is Cc1ccc(N(CCCc2cncn2Cc2ccc(C#N)cc2)C(=S)NCc2cccc3ccccc23)cc1Cl. The molecule has 200 valence electrons. The Morgan fingerprint density at radius 1 is 1.05 bits per heavy atom. The third-order valence-corrected chi connectivity index (χ3v) is 7.84. The van der Waals surface area contributed by atoms with Crippen LogP contribution in [0.1, 0.15) is 34.4 Å². The maximum atomic E-state index is 9.06. The smallest absolute Gasteiger partial charge is 0.173 e. The second-order valence-electron chi connectivity index (χ2n) is 9.81. The summed E-state index contributed by atoms with van der Waals surface area (Å²) in [5, 5.41) is 16.4. The Labute approximate surface area is 245 Å². The van der Waals surface area contributed by atoms with Crippen LogP contribution >= 0.6 is 23.8 Å². The Hall–Kier alpha value is -4.18. The predicted octanol–water partition coefficient (Wildman–Crippen LogP) is 7.43. The zero-order valence-electron chi connectivity index (χ0n) is 22.3. The summed E-state index contributed by atoms with van der Waals surface area (Å²) in [5.41, 5.74) is 6.16. The number of nitrogens with one attached hydrogen (secondary N) is 1. The number of nitriles is 1. The minimum Gasteiger partial charge on any atom is -0.358 e. The highest BCUT2D eigenvalue weighted by Gasteiger charge is 2.15. The molecule has 0 amide bonds. The van der Waals surface area contributed by atoms with E-state index in [0.29, 0.717) is 23.8 Å². The van der Waals surface area contributed by atoms with E-state index in [4.69, 9.17) is 29.1 Å². The van der Waals surface area contributed by atoms with Crippen molar-refractivity contribution in [3.8, 4) is 6.07 Å². The van der Waals surface area contributed by atoms with Gasteiger partial charge in [0.05, 0.1) is 18.0 Å². The number of hydrogen-bond donors (Lipinski definition) is 1. The molecule has 7 heteroatoms. The lowest BCUT2D eigenvalue weighted by atomic mass is 10.0. The number of fused-ring (bicyclic) bond motifs is 1. The van der Waals surface area contributed by atoms with E-state index in [1.165, 1.54) is 16.3 Å². The minimum atomic E-state index is 0.633. The second kappa shape index (κ2) is 12.8. The third kappa shape index (κ3) is 6.51. The molecule has 5 nitrogen and oxygen atoms in total. The van der Waals surface area contributed by atoms with Crippen molar-refractivity contribution in [1.29, 1.82) is 5.26 Å². The maximum absolute atomic E-state index is 9.06. The summed E-state index contributed by atoms with van der Waals surface area (Å²) >= 11 is 12.4. The van der Waals surface area contributed by atoms with Crippen LogP contribution in [0.25, 0.3) is 10.8 Å². The van der Waals surface area contributed by atoms with Crippen LogP contribution in [0, 0.1) is 18.3 Å². The first-order valence-corrected chi connectivity index (χ1v) is 14.1. The second-order valence-corrected chi connectivity index (χ2v) is 10.6. The third-order valence-electron chi connectivity index (χ3n) is 7.07. The number of anilines is 1. The number of aryl methyl sites for hydroxylation is 2. The molecule has 4 aromatic carbocycles. The van der Waals surface area contributed by atoms with Gasteiger partial charge in [-0.25, -0.2) is 4.98 Å². The van der Waals surface area contributed by atoms with Crippen LogP contribution in [-0.2, 0) is 19.5 Å². The van der Waals surface area contributed by atoms with Gasteiger partial charge in [-0.05, 0) is 83.7 Å². The van der Waals surface area contributed by atoms with Crippen molar-refractivity contribution in [1.82, 2.24) is 14.9 Å². The first kappa shape index (κ1) is 27.4. The summed E-state index contributed by atoms with van der Waals surface area (Å²) in [5.74, 6) is 0. The molecule has 5 rings (SSSR count). The van der Waals surface area contributed by atoms with Crippen molar-refractivity contribution in [2.45, 2.75) is 32.9 Å². The van der Waals surface area contributed by atoms with Crippen molar-refractivity contribution in [2.24, 2.45) is 0 Å². The predicted molar refractivity (Wildman–Crippen MR) is 168 cm³/mol. The summed E-state index contributed by atoms with van der Waals surface area (Å²) < 4.78 is 2.16. The molecule has 5 aromatic rings. The molecule has 0 aliphatic heterocycles. The molecule has 0 aliphatic carbocycles. The van der Waals surface area contributed by atoms with Crippen LogP contribution < -0.4 is 10.2 Å². The van der Waals surface area contributed by atoms with Gasteiger partial charge in [0.25, 0.3) is 0 Å². The number of hydrogen-bond acceptors (Lipinski definition) is 3. The average molecular weight is 564 g/mol. The molecule has 0 aliphatic rings. The number of benzene rings is 4. The molecule has 40 heavy (non-hydrogen) atoms. The Bertz CT molecular complexity index is 1660. The van der Waals surface area contributed by atoms with E-state index in [9.17, 15) is 0 Å². The van der Waals surface area contributed by atoms with Crippen LogP contribution in [0.15, 0.2) is 97.5 Å². The van der Waals surface area contributed by atoms with Gasteiger partial charge in [-0.2, -0.15) is 5.26 Å². The fraction of sp³-hybridized carbons (Fsp3) is 0.182. The molecule has 0 radical (unpaired) electrons. The molecule has 0 unspecified atom stereocenters. The zero-order chi connectivity index (χ0) is 27.9. The molecule has 0 bridgehead atoms. The molecule has 1 heterocycles. The van der Waals surface area contributed by atoms with E-state index in [0.717, 1.165) is 46.9 Å². The molecular weight excluding hydrogens is 534 g/mol. The Kier molecular flexibility index (Phi) is 8.75. The molecule has 0 spiro atoms. The highest BCUT2D eigenvalue weighted by Crippen LogP contribution is 2.25.